The number of hydrogen-bond acceptors (Lipinski definition) is 4. The zero-order valence-corrected chi connectivity index (χ0v) is 5.34. The topological polar surface area (TPSA) is 101 Å². The lowest BCUT2D eigenvalue weighted by Crippen LogP contribution is -2.45. The maximum Gasteiger partial charge on any atom is 0.338 e. The molecule has 0 aromatic rings. The van der Waals surface area contributed by atoms with Crippen LogP contribution < -0.4 is 5.73 Å². The molecule has 5 nitrogen and oxygen atoms in total. The van der Waals surface area contributed by atoms with Crippen LogP contribution in [0.3, 0.4) is 0 Å². The van der Waals surface area contributed by atoms with Crippen molar-refractivity contribution in [1.29, 1.82) is 0 Å². The summed E-state index contributed by atoms with van der Waals surface area (Å²) < 4.78 is 9.93. The predicted molar refractivity (Wildman–Crippen MR) is 29.2 cm³/mol. The average Bonchev–Trinajstić information content (AvgIpc) is 1.86. The molecular formula is C3H6NO4P. The first-order valence-electron chi connectivity index (χ1n) is 2.04. The Morgan fingerprint density at radius 1 is 1.78 bits per heavy atom. The molecule has 0 rings (SSSR count). The monoisotopic (exact) mass is 151 g/mol. The fourth-order valence-corrected chi connectivity index (χ4v) is 0.271. The fourth-order valence-electron chi connectivity index (χ4n) is 0.136. The number of aliphatic hydroxyl groups is 1. The molecular weight excluding hydrogens is 145 g/mol. The van der Waals surface area contributed by atoms with Gasteiger partial charge in [0.2, 0.25) is 5.28 Å². The molecule has 0 heterocycles. The second kappa shape index (κ2) is 2.87. The van der Waals surface area contributed by atoms with Gasteiger partial charge in [0.25, 0.3) is 0 Å². The van der Waals surface area contributed by atoms with E-state index in [1.807, 2.05) is 0 Å². The summed E-state index contributed by atoms with van der Waals surface area (Å²) in [5.74, 6) is -1.48. The van der Waals surface area contributed by atoms with Gasteiger partial charge < -0.3 is 15.9 Å². The van der Waals surface area contributed by atoms with Crippen LogP contribution in [0.2, 0.25) is 0 Å². The van der Waals surface area contributed by atoms with Crippen molar-refractivity contribution in [3.63, 3.8) is 0 Å². The van der Waals surface area contributed by atoms with Crippen LogP contribution in [0.1, 0.15) is 0 Å². The highest BCUT2D eigenvalue weighted by Crippen LogP contribution is 2.14. The summed E-state index contributed by atoms with van der Waals surface area (Å²) in [7, 11) is -0.791. The molecule has 1 atom stereocenters. The number of aliphatic carboxylic acids is 1. The lowest BCUT2D eigenvalue weighted by molar-refractivity contribution is -0.141. The quantitative estimate of drug-likeness (QED) is 0.449. The average molecular weight is 151 g/mol. The Morgan fingerprint density at radius 3 is 2.22 bits per heavy atom. The highest BCUT2D eigenvalue weighted by molar-refractivity contribution is 7.27. The van der Waals surface area contributed by atoms with E-state index in [0.29, 0.717) is 0 Å². The Morgan fingerprint density at radius 2 is 2.22 bits per heavy atom. The van der Waals surface area contributed by atoms with Crippen LogP contribution >= 0.6 is 8.46 Å². The Kier molecular flexibility index (Phi) is 2.70. The van der Waals surface area contributed by atoms with Crippen molar-refractivity contribution in [3.05, 3.63) is 0 Å². The molecule has 0 aromatic heterocycles. The van der Waals surface area contributed by atoms with Crippen LogP contribution in [-0.4, -0.2) is 28.1 Å². The van der Waals surface area contributed by atoms with E-state index in [1.54, 1.807) is 0 Å². The van der Waals surface area contributed by atoms with Gasteiger partial charge in [-0.15, -0.1) is 0 Å². The number of carboxylic acid groups (broad SMARTS) is 1. The van der Waals surface area contributed by atoms with Gasteiger partial charge in [0.05, 0.1) is 6.61 Å². The summed E-state index contributed by atoms with van der Waals surface area (Å²) in [5, 5.41) is 14.4. The van der Waals surface area contributed by atoms with E-state index < -0.39 is 26.3 Å². The molecule has 0 fully saturated rings. The van der Waals surface area contributed by atoms with Crippen molar-refractivity contribution in [3.8, 4) is 0 Å². The van der Waals surface area contributed by atoms with E-state index in [-0.39, 0.29) is 0 Å². The minimum atomic E-state index is -2.03. The largest absolute Gasteiger partial charge is 0.479 e. The zero-order valence-electron chi connectivity index (χ0n) is 4.44. The van der Waals surface area contributed by atoms with Crippen LogP contribution in [0.25, 0.3) is 0 Å². The van der Waals surface area contributed by atoms with E-state index in [9.17, 15) is 9.36 Å². The molecule has 0 aliphatic carbocycles. The van der Waals surface area contributed by atoms with E-state index >= 15 is 0 Å². The predicted octanol–water partition coefficient (Wildman–Crippen LogP) is -0.990. The molecule has 0 radical (unpaired) electrons. The molecule has 0 spiro atoms. The number of carbonyl (C=O) groups is 1. The van der Waals surface area contributed by atoms with Gasteiger partial charge in [0.15, 0.2) is 8.46 Å². The summed E-state index contributed by atoms with van der Waals surface area (Å²) in [6.45, 7) is -0.840. The maximum atomic E-state index is 9.99. The number of rotatable bonds is 3. The smallest absolute Gasteiger partial charge is 0.338 e. The van der Waals surface area contributed by atoms with Gasteiger partial charge in [0.1, 0.15) is 0 Å². The van der Waals surface area contributed by atoms with Gasteiger partial charge in [-0.3, -0.25) is 4.57 Å². The molecule has 4 N–H and O–H groups in total. The number of hydrogen-bond donors (Lipinski definition) is 3. The van der Waals surface area contributed by atoms with Crippen LogP contribution in [0, 0.1) is 0 Å². The summed E-state index contributed by atoms with van der Waals surface area (Å²) in [6.07, 6.45) is 0. The van der Waals surface area contributed by atoms with Gasteiger partial charge in [-0.05, 0) is 0 Å². The minimum absolute atomic E-state index is 0.791. The molecule has 0 aliphatic heterocycles. The first-order chi connectivity index (χ1) is 4.06. The summed E-state index contributed by atoms with van der Waals surface area (Å²) >= 11 is 0. The van der Waals surface area contributed by atoms with Gasteiger partial charge in [-0.1, -0.05) is 0 Å². The second-order valence-corrected chi connectivity index (χ2v) is 2.46. The summed E-state index contributed by atoms with van der Waals surface area (Å²) in [4.78, 5) is 9.99. The third kappa shape index (κ3) is 1.71. The number of nitrogens with two attached hydrogens (primary N) is 1. The van der Waals surface area contributed by atoms with Crippen LogP contribution in [0.15, 0.2) is 0 Å². The number of carboxylic acids is 1. The molecule has 0 saturated carbocycles. The zero-order chi connectivity index (χ0) is 7.49. The standard InChI is InChI=1S/C3H6NO4P/c4-3(1-5,9-8)2(6)7/h5H,1,4H2,(H,6,7)/t3-/m0/s1. The molecule has 0 unspecified atom stereocenters. The molecule has 9 heavy (non-hydrogen) atoms. The van der Waals surface area contributed by atoms with Gasteiger partial charge in [-0.2, -0.15) is 0 Å². The molecule has 0 bridgehead atoms. The molecule has 6 heteroatoms. The second-order valence-electron chi connectivity index (χ2n) is 1.48. The van der Waals surface area contributed by atoms with Gasteiger partial charge >= 0.3 is 5.97 Å². The van der Waals surface area contributed by atoms with E-state index in [2.05, 4.69) is 0 Å². The first-order valence-corrected chi connectivity index (χ1v) is 2.85. The molecule has 52 valence electrons. The van der Waals surface area contributed by atoms with Crippen LogP contribution in [-0.2, 0) is 9.36 Å². The summed E-state index contributed by atoms with van der Waals surface area (Å²) in [5.41, 5.74) is 4.86. The van der Waals surface area contributed by atoms with E-state index in [4.69, 9.17) is 15.9 Å². The van der Waals surface area contributed by atoms with E-state index in [0.717, 1.165) is 0 Å². The molecule has 0 saturated heterocycles. The third-order valence-electron chi connectivity index (χ3n) is 0.774. The fraction of sp³-hybridized carbons (Fsp3) is 0.667. The summed E-state index contributed by atoms with van der Waals surface area (Å²) in [6, 6.07) is 0. The Bertz CT molecular complexity index is 138. The lowest BCUT2D eigenvalue weighted by atomic mass is 10.3. The van der Waals surface area contributed by atoms with Crippen molar-refractivity contribution in [2.45, 2.75) is 5.28 Å². The van der Waals surface area contributed by atoms with Crippen molar-refractivity contribution >= 4 is 14.4 Å². The normalized spacial score (nSPS) is 17.1. The van der Waals surface area contributed by atoms with Gasteiger partial charge in [0, 0.05) is 0 Å². The van der Waals surface area contributed by atoms with Crippen molar-refractivity contribution in [2.75, 3.05) is 6.61 Å². The molecule has 0 aliphatic rings. The highest BCUT2D eigenvalue weighted by Gasteiger charge is 2.34. The maximum absolute atomic E-state index is 9.99. The minimum Gasteiger partial charge on any atom is -0.479 e. The van der Waals surface area contributed by atoms with Crippen molar-refractivity contribution < 1.29 is 19.6 Å². The third-order valence-corrected chi connectivity index (χ3v) is 1.43. The van der Waals surface area contributed by atoms with Crippen LogP contribution in [0.5, 0.6) is 0 Å². The molecule has 0 amide bonds. The first kappa shape index (κ1) is 8.49. The highest BCUT2D eigenvalue weighted by atomic mass is 31.1. The Labute approximate surface area is 52.7 Å². The lowest BCUT2D eigenvalue weighted by Gasteiger charge is -2.10. The Hall–Kier alpha value is -0.510. The van der Waals surface area contributed by atoms with Crippen molar-refractivity contribution in [1.82, 2.24) is 0 Å². The van der Waals surface area contributed by atoms with Crippen LogP contribution in [0.4, 0.5) is 0 Å². The van der Waals surface area contributed by atoms with Crippen molar-refractivity contribution in [2.24, 2.45) is 5.73 Å². The Balaban J connectivity index is 4.27. The molecule has 0 aromatic carbocycles. The van der Waals surface area contributed by atoms with E-state index in [1.165, 1.54) is 0 Å². The number of aliphatic hydroxyl groups excluding tert-OH is 1. The van der Waals surface area contributed by atoms with Gasteiger partial charge in [-0.25, -0.2) is 4.79 Å². The SMILES string of the molecule is N[C@@](CO)(P=O)C(=O)O.